The summed E-state index contributed by atoms with van der Waals surface area (Å²) in [7, 11) is 1.68. The first kappa shape index (κ1) is 15.0. The fourth-order valence-electron chi connectivity index (χ4n) is 1.83. The molecule has 2 rings (SSSR count). The number of halogens is 1. The van der Waals surface area contributed by atoms with Crippen molar-refractivity contribution in [3.63, 3.8) is 0 Å². The molecule has 0 amide bonds. The molecule has 1 N–H and O–H groups in total. The number of nitrogens with one attached hydrogen (secondary N) is 1. The van der Waals surface area contributed by atoms with Crippen molar-refractivity contribution in [1.29, 1.82) is 0 Å². The molecule has 6 heteroatoms. The first-order valence-electron chi connectivity index (χ1n) is 6.48. The highest BCUT2D eigenvalue weighted by Crippen LogP contribution is 2.25. The number of methoxy groups -OCH3 is 1. The number of aromatic nitrogens is 2. The van der Waals surface area contributed by atoms with Crippen molar-refractivity contribution in [3.05, 3.63) is 34.6 Å². The monoisotopic (exact) mass is 295 g/mol. The molecule has 0 aliphatic carbocycles. The molecule has 20 heavy (non-hydrogen) atoms. The van der Waals surface area contributed by atoms with E-state index in [9.17, 15) is 4.39 Å². The summed E-state index contributed by atoms with van der Waals surface area (Å²) < 4.78 is 18.3. The summed E-state index contributed by atoms with van der Waals surface area (Å²) in [5.74, 6) is -0.238. The van der Waals surface area contributed by atoms with Gasteiger partial charge in [-0.2, -0.15) is 0 Å². The maximum absolute atomic E-state index is 13.4. The van der Waals surface area contributed by atoms with Gasteiger partial charge in [0, 0.05) is 32.2 Å². The molecular weight excluding hydrogens is 277 g/mol. The molecule has 1 heterocycles. The van der Waals surface area contributed by atoms with E-state index in [4.69, 9.17) is 4.74 Å². The van der Waals surface area contributed by atoms with Gasteiger partial charge in [-0.3, -0.25) is 0 Å². The summed E-state index contributed by atoms with van der Waals surface area (Å²) in [6.45, 7) is 4.23. The van der Waals surface area contributed by atoms with Gasteiger partial charge in [-0.15, -0.1) is 10.2 Å². The molecule has 0 aliphatic rings. The van der Waals surface area contributed by atoms with Gasteiger partial charge in [-0.25, -0.2) is 4.39 Å². The van der Waals surface area contributed by atoms with Crippen molar-refractivity contribution in [2.75, 3.05) is 26.8 Å². The van der Waals surface area contributed by atoms with Gasteiger partial charge in [-0.1, -0.05) is 11.3 Å². The summed E-state index contributed by atoms with van der Waals surface area (Å²) in [5, 5.41) is 13.2. The Kier molecular flexibility index (Phi) is 5.58. The summed E-state index contributed by atoms with van der Waals surface area (Å²) >= 11 is 1.51. The lowest BCUT2D eigenvalue weighted by atomic mass is 10.1. The van der Waals surface area contributed by atoms with Crippen molar-refractivity contribution in [1.82, 2.24) is 15.5 Å². The molecule has 1 aromatic heterocycles. The standard InChI is InChI=1S/C14H18FN3OS/c1-10-7-11(9-12(15)8-10)14-18-17-13(20-14)3-4-16-5-6-19-2/h7-9,16H,3-6H2,1-2H3. The molecule has 0 unspecified atom stereocenters. The molecule has 4 nitrogen and oxygen atoms in total. The Bertz CT molecular complexity index is 539. The van der Waals surface area contributed by atoms with E-state index in [1.807, 2.05) is 13.0 Å². The lowest BCUT2D eigenvalue weighted by molar-refractivity contribution is 0.199. The highest BCUT2D eigenvalue weighted by atomic mass is 32.1. The van der Waals surface area contributed by atoms with Crippen molar-refractivity contribution in [2.24, 2.45) is 0 Å². The first-order chi connectivity index (χ1) is 9.69. The van der Waals surface area contributed by atoms with Gasteiger partial charge in [-0.05, 0) is 30.7 Å². The van der Waals surface area contributed by atoms with Gasteiger partial charge in [0.05, 0.1) is 6.61 Å². The van der Waals surface area contributed by atoms with Crippen LogP contribution in [0.4, 0.5) is 4.39 Å². The summed E-state index contributed by atoms with van der Waals surface area (Å²) in [6, 6.07) is 4.92. The second-order valence-corrected chi connectivity index (χ2v) is 5.57. The zero-order valence-electron chi connectivity index (χ0n) is 11.6. The third-order valence-corrected chi connectivity index (χ3v) is 3.79. The van der Waals surface area contributed by atoms with E-state index in [0.29, 0.717) is 6.61 Å². The Labute approximate surface area is 122 Å². The molecule has 1 aromatic carbocycles. The zero-order valence-corrected chi connectivity index (χ0v) is 12.5. The van der Waals surface area contributed by atoms with Crippen LogP contribution in [0.5, 0.6) is 0 Å². The number of hydrogen-bond acceptors (Lipinski definition) is 5. The minimum absolute atomic E-state index is 0.238. The van der Waals surface area contributed by atoms with Crippen molar-refractivity contribution in [2.45, 2.75) is 13.3 Å². The van der Waals surface area contributed by atoms with Crippen molar-refractivity contribution >= 4 is 11.3 Å². The quantitative estimate of drug-likeness (QED) is 0.797. The number of hydrogen-bond donors (Lipinski definition) is 1. The van der Waals surface area contributed by atoms with Crippen molar-refractivity contribution in [3.8, 4) is 10.6 Å². The van der Waals surface area contributed by atoms with Crippen LogP contribution in [-0.2, 0) is 11.2 Å². The predicted octanol–water partition coefficient (Wildman–Crippen LogP) is 2.43. The Morgan fingerprint density at radius 3 is 2.85 bits per heavy atom. The molecule has 0 saturated carbocycles. The van der Waals surface area contributed by atoms with Crippen LogP contribution in [-0.4, -0.2) is 37.0 Å². The average Bonchev–Trinajstić information content (AvgIpc) is 2.86. The summed E-state index contributed by atoms with van der Waals surface area (Å²) in [5.41, 5.74) is 1.68. The highest BCUT2D eigenvalue weighted by Gasteiger charge is 2.08. The third-order valence-electron chi connectivity index (χ3n) is 2.75. The van der Waals surface area contributed by atoms with Crippen molar-refractivity contribution < 1.29 is 9.13 Å². The zero-order chi connectivity index (χ0) is 14.4. The highest BCUT2D eigenvalue weighted by molar-refractivity contribution is 7.14. The van der Waals surface area contributed by atoms with E-state index in [1.54, 1.807) is 7.11 Å². The van der Waals surface area contributed by atoms with E-state index in [-0.39, 0.29) is 5.82 Å². The number of rotatable bonds is 7. The molecule has 0 aliphatic heterocycles. The average molecular weight is 295 g/mol. The maximum Gasteiger partial charge on any atom is 0.147 e. The van der Waals surface area contributed by atoms with E-state index in [0.717, 1.165) is 40.7 Å². The van der Waals surface area contributed by atoms with Gasteiger partial charge in [0.15, 0.2) is 0 Å². The molecule has 108 valence electrons. The van der Waals surface area contributed by atoms with Crippen LogP contribution in [0.15, 0.2) is 18.2 Å². The van der Waals surface area contributed by atoms with Crippen LogP contribution >= 0.6 is 11.3 Å². The van der Waals surface area contributed by atoms with E-state index >= 15 is 0 Å². The fourth-order valence-corrected chi connectivity index (χ4v) is 2.65. The molecular formula is C14H18FN3OS. The number of ether oxygens (including phenoxy) is 1. The second kappa shape index (κ2) is 7.42. The minimum atomic E-state index is -0.238. The van der Waals surface area contributed by atoms with Gasteiger partial charge < -0.3 is 10.1 Å². The minimum Gasteiger partial charge on any atom is -0.383 e. The Morgan fingerprint density at radius 2 is 2.10 bits per heavy atom. The van der Waals surface area contributed by atoms with E-state index in [2.05, 4.69) is 15.5 Å². The smallest absolute Gasteiger partial charge is 0.147 e. The summed E-state index contributed by atoms with van der Waals surface area (Å²) in [4.78, 5) is 0. The molecule has 0 atom stereocenters. The van der Waals surface area contributed by atoms with E-state index in [1.165, 1.54) is 23.5 Å². The number of benzene rings is 1. The molecule has 2 aromatic rings. The molecule has 0 saturated heterocycles. The second-order valence-electron chi connectivity index (χ2n) is 4.51. The van der Waals surface area contributed by atoms with Crippen LogP contribution in [0.25, 0.3) is 10.6 Å². The fraction of sp³-hybridized carbons (Fsp3) is 0.429. The summed E-state index contributed by atoms with van der Waals surface area (Å²) in [6.07, 6.45) is 0.815. The number of aryl methyl sites for hydroxylation is 1. The van der Waals surface area contributed by atoms with Crippen LogP contribution in [0, 0.1) is 12.7 Å². The normalized spacial score (nSPS) is 10.9. The third kappa shape index (κ3) is 4.33. The molecule has 0 spiro atoms. The molecule has 0 bridgehead atoms. The lowest BCUT2D eigenvalue weighted by Crippen LogP contribution is -2.21. The molecule has 0 radical (unpaired) electrons. The largest absolute Gasteiger partial charge is 0.383 e. The van der Waals surface area contributed by atoms with Crippen LogP contribution < -0.4 is 5.32 Å². The first-order valence-corrected chi connectivity index (χ1v) is 7.30. The Balaban J connectivity index is 1.94. The predicted molar refractivity (Wildman–Crippen MR) is 78.5 cm³/mol. The Hall–Kier alpha value is -1.37. The topological polar surface area (TPSA) is 47.0 Å². The van der Waals surface area contributed by atoms with Crippen LogP contribution in [0.3, 0.4) is 0 Å². The SMILES string of the molecule is COCCNCCc1nnc(-c2cc(C)cc(F)c2)s1. The number of nitrogens with zero attached hydrogens (tertiary/aromatic N) is 2. The van der Waals surface area contributed by atoms with E-state index < -0.39 is 0 Å². The van der Waals surface area contributed by atoms with Crippen LogP contribution in [0.1, 0.15) is 10.6 Å². The Morgan fingerprint density at radius 1 is 1.25 bits per heavy atom. The van der Waals surface area contributed by atoms with Crippen LogP contribution in [0.2, 0.25) is 0 Å². The molecule has 0 fully saturated rings. The van der Waals surface area contributed by atoms with Gasteiger partial charge in [0.1, 0.15) is 15.8 Å². The lowest BCUT2D eigenvalue weighted by Gasteiger charge is -2.01. The van der Waals surface area contributed by atoms with Gasteiger partial charge in [0.25, 0.3) is 0 Å². The van der Waals surface area contributed by atoms with Gasteiger partial charge >= 0.3 is 0 Å². The van der Waals surface area contributed by atoms with Gasteiger partial charge in [0.2, 0.25) is 0 Å². The maximum atomic E-state index is 13.4.